The zero-order chi connectivity index (χ0) is 17.3. The van der Waals surface area contributed by atoms with Crippen molar-refractivity contribution < 1.29 is 8.42 Å². The van der Waals surface area contributed by atoms with E-state index in [0.29, 0.717) is 12.5 Å². The zero-order valence-electron chi connectivity index (χ0n) is 14.5. The molecule has 2 N–H and O–H groups in total. The SMILES string of the molecule is Cl.Cl.O=S(=O)(C=CC1=Cc2cnc3cccc(n23)S1)NCC1CCNCC1. The highest BCUT2D eigenvalue weighted by atomic mass is 35.5. The van der Waals surface area contributed by atoms with Gasteiger partial charge in [-0.1, -0.05) is 17.8 Å². The molecule has 4 heterocycles. The topological polar surface area (TPSA) is 75.5 Å². The van der Waals surface area contributed by atoms with Crippen molar-refractivity contribution in [2.24, 2.45) is 5.92 Å². The van der Waals surface area contributed by atoms with E-state index >= 15 is 0 Å². The summed E-state index contributed by atoms with van der Waals surface area (Å²) in [6, 6.07) is 5.92. The van der Waals surface area contributed by atoms with Gasteiger partial charge in [-0.25, -0.2) is 18.1 Å². The fourth-order valence-electron chi connectivity index (χ4n) is 3.11. The third-order valence-electron chi connectivity index (χ3n) is 4.48. The number of nitrogens with zero attached hydrogens (tertiary/aromatic N) is 2. The first-order valence-corrected chi connectivity index (χ1v) is 10.7. The van der Waals surface area contributed by atoms with Crippen LogP contribution in [0.2, 0.25) is 0 Å². The molecule has 2 aromatic heterocycles. The number of rotatable bonds is 5. The van der Waals surface area contributed by atoms with E-state index in [1.807, 2.05) is 24.3 Å². The molecule has 0 unspecified atom stereocenters. The Morgan fingerprint density at radius 2 is 2.07 bits per heavy atom. The normalized spacial score (nSPS) is 17.4. The lowest BCUT2D eigenvalue weighted by Gasteiger charge is -2.22. The van der Waals surface area contributed by atoms with E-state index in [2.05, 4.69) is 19.4 Å². The first-order valence-electron chi connectivity index (χ1n) is 8.35. The molecule has 0 atom stereocenters. The number of allylic oxidation sites excluding steroid dienone is 1. The maximum absolute atomic E-state index is 12.2. The van der Waals surface area contributed by atoms with Crippen LogP contribution in [-0.4, -0.2) is 37.4 Å². The van der Waals surface area contributed by atoms with E-state index in [0.717, 1.165) is 47.2 Å². The van der Waals surface area contributed by atoms with Gasteiger partial charge in [-0.15, -0.1) is 24.8 Å². The van der Waals surface area contributed by atoms with Gasteiger partial charge in [0.1, 0.15) is 5.65 Å². The number of hydrogen-bond acceptors (Lipinski definition) is 5. The van der Waals surface area contributed by atoms with Crippen molar-refractivity contribution >= 4 is 58.3 Å². The van der Waals surface area contributed by atoms with Crippen molar-refractivity contribution in [3.8, 4) is 0 Å². The van der Waals surface area contributed by atoms with Gasteiger partial charge >= 0.3 is 0 Å². The quantitative estimate of drug-likeness (QED) is 0.734. The molecule has 1 fully saturated rings. The Balaban J connectivity index is 0.00000131. The molecule has 148 valence electrons. The van der Waals surface area contributed by atoms with Gasteiger partial charge in [-0.2, -0.15) is 0 Å². The van der Waals surface area contributed by atoms with Crippen LogP contribution in [0.4, 0.5) is 0 Å². The van der Waals surface area contributed by atoms with Crippen molar-refractivity contribution in [1.29, 1.82) is 0 Å². The Morgan fingerprint density at radius 3 is 2.85 bits per heavy atom. The van der Waals surface area contributed by atoms with Crippen molar-refractivity contribution in [1.82, 2.24) is 19.4 Å². The molecule has 2 aliphatic heterocycles. The molecular weight excluding hydrogens is 427 g/mol. The average molecular weight is 449 g/mol. The third-order valence-corrected chi connectivity index (χ3v) is 6.56. The minimum absolute atomic E-state index is 0. The predicted molar refractivity (Wildman–Crippen MR) is 115 cm³/mol. The number of pyridine rings is 1. The number of halogens is 2. The Morgan fingerprint density at radius 1 is 1.30 bits per heavy atom. The van der Waals surface area contributed by atoms with Gasteiger partial charge in [0.2, 0.25) is 10.0 Å². The number of sulfonamides is 1. The molecule has 4 rings (SSSR count). The summed E-state index contributed by atoms with van der Waals surface area (Å²) in [6.45, 7) is 2.43. The van der Waals surface area contributed by atoms with E-state index in [4.69, 9.17) is 0 Å². The second-order valence-corrected chi connectivity index (χ2v) is 9.02. The van der Waals surface area contributed by atoms with Crippen LogP contribution >= 0.6 is 36.6 Å². The Bertz CT molecular complexity index is 951. The van der Waals surface area contributed by atoms with Crippen molar-refractivity contribution in [3.63, 3.8) is 0 Å². The van der Waals surface area contributed by atoms with Crippen LogP contribution in [0.5, 0.6) is 0 Å². The van der Waals surface area contributed by atoms with Crippen molar-refractivity contribution in [3.05, 3.63) is 46.5 Å². The molecule has 1 saturated heterocycles. The lowest BCUT2D eigenvalue weighted by Crippen LogP contribution is -2.35. The summed E-state index contributed by atoms with van der Waals surface area (Å²) in [5.41, 5.74) is 1.86. The first-order chi connectivity index (χ1) is 12.1. The minimum atomic E-state index is -3.42. The highest BCUT2D eigenvalue weighted by Gasteiger charge is 2.17. The summed E-state index contributed by atoms with van der Waals surface area (Å²) in [6.07, 6.45) is 7.44. The highest BCUT2D eigenvalue weighted by Crippen LogP contribution is 2.34. The molecule has 0 aliphatic carbocycles. The Labute approximate surface area is 175 Å². The van der Waals surface area contributed by atoms with Gasteiger partial charge in [0.15, 0.2) is 0 Å². The largest absolute Gasteiger partial charge is 0.317 e. The lowest BCUT2D eigenvalue weighted by atomic mass is 9.99. The number of piperidine rings is 1. The molecule has 6 nitrogen and oxygen atoms in total. The Kier molecular flexibility index (Phi) is 7.79. The van der Waals surface area contributed by atoms with Crippen LogP contribution in [0, 0.1) is 5.92 Å². The maximum atomic E-state index is 12.2. The number of thioether (sulfide) groups is 1. The molecule has 0 radical (unpaired) electrons. The van der Waals surface area contributed by atoms with E-state index < -0.39 is 10.0 Å². The molecule has 2 aliphatic rings. The van der Waals surface area contributed by atoms with Crippen LogP contribution in [0.25, 0.3) is 11.7 Å². The summed E-state index contributed by atoms with van der Waals surface area (Å²) in [5, 5.41) is 5.58. The summed E-state index contributed by atoms with van der Waals surface area (Å²) >= 11 is 1.54. The summed E-state index contributed by atoms with van der Waals surface area (Å²) < 4.78 is 29.2. The van der Waals surface area contributed by atoms with Crippen LogP contribution in [0.3, 0.4) is 0 Å². The summed E-state index contributed by atoms with van der Waals surface area (Å²) in [5.74, 6) is 0.416. The minimum Gasteiger partial charge on any atom is -0.317 e. The molecule has 0 saturated carbocycles. The predicted octanol–water partition coefficient (Wildman–Crippen LogP) is 3.06. The summed E-state index contributed by atoms with van der Waals surface area (Å²) in [4.78, 5) is 5.24. The van der Waals surface area contributed by atoms with Crippen LogP contribution in [0.1, 0.15) is 18.5 Å². The van der Waals surface area contributed by atoms with Crippen LogP contribution < -0.4 is 10.0 Å². The van der Waals surface area contributed by atoms with Gasteiger partial charge in [-0.3, -0.25) is 4.40 Å². The van der Waals surface area contributed by atoms with Gasteiger partial charge in [0.05, 0.1) is 16.9 Å². The number of aromatic nitrogens is 2. The molecule has 10 heteroatoms. The molecule has 0 amide bonds. The second-order valence-electron chi connectivity index (χ2n) is 6.28. The number of hydrogen-bond donors (Lipinski definition) is 2. The molecular formula is C17H22Cl2N4O2S2. The van der Waals surface area contributed by atoms with Crippen LogP contribution in [0.15, 0.2) is 45.8 Å². The number of nitrogens with one attached hydrogen (secondary N) is 2. The van der Waals surface area contributed by atoms with Crippen LogP contribution in [-0.2, 0) is 10.0 Å². The summed E-state index contributed by atoms with van der Waals surface area (Å²) in [7, 11) is -3.42. The van der Waals surface area contributed by atoms with Crippen molar-refractivity contribution in [2.45, 2.75) is 17.9 Å². The van der Waals surface area contributed by atoms with Gasteiger partial charge < -0.3 is 5.32 Å². The monoisotopic (exact) mass is 448 g/mol. The van der Waals surface area contributed by atoms with Crippen molar-refractivity contribution in [2.75, 3.05) is 19.6 Å². The van der Waals surface area contributed by atoms with Gasteiger partial charge in [0.25, 0.3) is 0 Å². The van der Waals surface area contributed by atoms with Gasteiger partial charge in [-0.05, 0) is 56.1 Å². The molecule has 0 bridgehead atoms. The van der Waals surface area contributed by atoms with E-state index in [1.165, 1.54) is 17.2 Å². The Hall–Kier alpha value is -1.03. The maximum Gasteiger partial charge on any atom is 0.233 e. The fourth-order valence-corrected chi connectivity index (χ4v) is 5.08. The van der Waals surface area contributed by atoms with E-state index in [9.17, 15) is 8.42 Å². The van der Waals surface area contributed by atoms with E-state index in [-0.39, 0.29) is 24.8 Å². The van der Waals surface area contributed by atoms with E-state index in [1.54, 1.807) is 12.3 Å². The fraction of sp³-hybridized carbons (Fsp3) is 0.353. The molecule has 2 aromatic rings. The molecule has 0 aromatic carbocycles. The molecule has 0 spiro atoms. The lowest BCUT2D eigenvalue weighted by molar-refractivity contribution is 0.373. The zero-order valence-corrected chi connectivity index (χ0v) is 17.8. The average Bonchev–Trinajstić information content (AvgIpc) is 3.04. The third kappa shape index (κ3) is 5.28. The first kappa shape index (κ1) is 22.3. The standard InChI is InChI=1S/C17H20N4O2S2.2ClH/c22-25(23,20-11-13-4-7-18-8-5-13)9-6-15-10-14-12-19-16-2-1-3-17(24-15)21(14)16;;/h1-3,6,9-10,12-13,18,20H,4-5,7-8,11H2;2*1H. The molecule has 27 heavy (non-hydrogen) atoms. The number of imidazole rings is 1. The smallest absolute Gasteiger partial charge is 0.233 e. The van der Waals surface area contributed by atoms with Gasteiger partial charge in [0, 0.05) is 16.9 Å². The second kappa shape index (κ2) is 9.45. The highest BCUT2D eigenvalue weighted by molar-refractivity contribution is 8.03.